The monoisotopic (exact) mass is 572 g/mol. The number of hydrogen-bond acceptors (Lipinski definition) is 7. The number of allylic oxidation sites excluding steroid dienone is 1. The molecule has 210 valence electrons. The van der Waals surface area contributed by atoms with Crippen molar-refractivity contribution in [1.29, 1.82) is 0 Å². The quantitative estimate of drug-likeness (QED) is 0.266. The predicted octanol–water partition coefficient (Wildman–Crippen LogP) is 4.92. The highest BCUT2D eigenvalue weighted by atomic mass is 32.1. The van der Waals surface area contributed by atoms with Crippen molar-refractivity contribution in [2.75, 3.05) is 13.2 Å². The molecule has 1 atom stereocenters. The largest absolute Gasteiger partial charge is 0.490 e. The Balaban J connectivity index is 1.55. The fraction of sp³-hybridized carbons (Fsp3) is 0.219. The fourth-order valence-electron chi connectivity index (χ4n) is 4.67. The molecule has 0 amide bonds. The van der Waals surface area contributed by atoms with Crippen LogP contribution in [0, 0.1) is 5.82 Å². The van der Waals surface area contributed by atoms with Crippen molar-refractivity contribution in [3.8, 4) is 11.5 Å². The SMILES string of the molecule is CCOC(=O)C1=C(C)N=c2s/c(=C\c3ccc(OCc4ccccc4F)c(OCC)c3)c(=O)n2[C@@H]1c1ccccc1. The lowest BCUT2D eigenvalue weighted by Crippen LogP contribution is -2.39. The van der Waals surface area contributed by atoms with Crippen molar-refractivity contribution in [1.82, 2.24) is 4.57 Å². The molecule has 1 aromatic heterocycles. The smallest absolute Gasteiger partial charge is 0.338 e. The van der Waals surface area contributed by atoms with Crippen LogP contribution in [0.15, 0.2) is 93.9 Å². The Morgan fingerprint density at radius 3 is 2.49 bits per heavy atom. The fourth-order valence-corrected chi connectivity index (χ4v) is 5.71. The summed E-state index contributed by atoms with van der Waals surface area (Å²) in [5.41, 5.74) is 2.52. The number of benzene rings is 3. The Kier molecular flexibility index (Phi) is 8.45. The van der Waals surface area contributed by atoms with Crippen LogP contribution in [0.4, 0.5) is 4.39 Å². The van der Waals surface area contributed by atoms with Crippen molar-refractivity contribution in [2.24, 2.45) is 4.99 Å². The number of carbonyl (C=O) groups is 1. The van der Waals surface area contributed by atoms with Gasteiger partial charge in [0.1, 0.15) is 12.4 Å². The molecule has 0 radical (unpaired) electrons. The Morgan fingerprint density at radius 2 is 1.76 bits per heavy atom. The molecule has 3 aromatic carbocycles. The summed E-state index contributed by atoms with van der Waals surface area (Å²) in [5, 5.41) is 0. The summed E-state index contributed by atoms with van der Waals surface area (Å²) in [6, 6.07) is 20.5. The number of rotatable bonds is 9. The van der Waals surface area contributed by atoms with Crippen molar-refractivity contribution >= 4 is 23.4 Å². The molecule has 0 spiro atoms. The van der Waals surface area contributed by atoms with Gasteiger partial charge in [0, 0.05) is 5.56 Å². The maximum atomic E-state index is 14.1. The van der Waals surface area contributed by atoms with Crippen LogP contribution in [0.25, 0.3) is 6.08 Å². The van der Waals surface area contributed by atoms with Crippen LogP contribution in [-0.2, 0) is 16.1 Å². The first kappa shape index (κ1) is 28.0. The minimum Gasteiger partial charge on any atom is -0.490 e. The van der Waals surface area contributed by atoms with E-state index >= 15 is 0 Å². The van der Waals surface area contributed by atoms with Gasteiger partial charge in [-0.25, -0.2) is 14.2 Å². The zero-order valence-corrected chi connectivity index (χ0v) is 23.7. The second-order valence-corrected chi connectivity index (χ2v) is 10.2. The molecule has 5 rings (SSSR count). The molecule has 41 heavy (non-hydrogen) atoms. The Bertz CT molecular complexity index is 1790. The van der Waals surface area contributed by atoms with Crippen molar-refractivity contribution < 1.29 is 23.4 Å². The predicted molar refractivity (Wildman–Crippen MR) is 155 cm³/mol. The molecule has 0 saturated heterocycles. The Hall–Kier alpha value is -4.50. The van der Waals surface area contributed by atoms with Crippen LogP contribution < -0.4 is 24.4 Å². The van der Waals surface area contributed by atoms with E-state index < -0.39 is 12.0 Å². The van der Waals surface area contributed by atoms with E-state index in [4.69, 9.17) is 14.2 Å². The van der Waals surface area contributed by atoms with E-state index in [0.717, 1.165) is 11.1 Å². The minimum atomic E-state index is -0.665. The first-order valence-corrected chi connectivity index (χ1v) is 14.1. The van der Waals surface area contributed by atoms with Crippen LogP contribution in [-0.4, -0.2) is 23.8 Å². The standard InChI is InChI=1S/C32H29FN2O5S/c1-4-38-26-17-21(15-16-25(26)40-19-23-13-9-10-14-24(23)33)18-27-30(36)35-29(22-11-7-6-8-12-22)28(31(37)39-5-2)20(3)34-32(35)41-27/h6-18,29H,4-5,19H2,1-3H3/b27-18-/t29-/m1/s1. The van der Waals surface area contributed by atoms with Gasteiger partial charge in [0.15, 0.2) is 16.3 Å². The molecule has 0 aliphatic carbocycles. The molecule has 0 N–H and O–H groups in total. The number of nitrogens with zero attached hydrogens (tertiary/aromatic N) is 2. The first-order chi connectivity index (χ1) is 19.9. The van der Waals surface area contributed by atoms with Gasteiger partial charge in [-0.05, 0) is 56.2 Å². The van der Waals surface area contributed by atoms with E-state index in [1.807, 2.05) is 37.3 Å². The van der Waals surface area contributed by atoms with Crippen LogP contribution >= 0.6 is 11.3 Å². The highest BCUT2D eigenvalue weighted by molar-refractivity contribution is 7.07. The molecule has 1 aliphatic heterocycles. The van der Waals surface area contributed by atoms with Gasteiger partial charge in [-0.2, -0.15) is 0 Å². The Labute approximate surface area is 240 Å². The van der Waals surface area contributed by atoms with E-state index in [2.05, 4.69) is 4.99 Å². The minimum absolute atomic E-state index is 0.0479. The first-order valence-electron chi connectivity index (χ1n) is 13.3. The number of ether oxygens (including phenoxy) is 3. The van der Waals surface area contributed by atoms with Crippen LogP contribution in [0.3, 0.4) is 0 Å². The average Bonchev–Trinajstić information content (AvgIpc) is 3.27. The summed E-state index contributed by atoms with van der Waals surface area (Å²) in [6.07, 6.45) is 1.76. The number of aromatic nitrogens is 1. The molecular formula is C32H29FN2O5S. The van der Waals surface area contributed by atoms with Gasteiger partial charge in [-0.15, -0.1) is 0 Å². The summed E-state index contributed by atoms with van der Waals surface area (Å²) in [5.74, 6) is 0.109. The van der Waals surface area contributed by atoms with Gasteiger partial charge in [0.2, 0.25) is 0 Å². The average molecular weight is 573 g/mol. The number of carbonyl (C=O) groups excluding carboxylic acids is 1. The molecule has 1 aliphatic rings. The molecule has 4 aromatic rings. The van der Waals surface area contributed by atoms with Gasteiger partial charge in [-0.3, -0.25) is 9.36 Å². The van der Waals surface area contributed by atoms with E-state index in [9.17, 15) is 14.0 Å². The number of hydrogen-bond donors (Lipinski definition) is 0. The summed E-state index contributed by atoms with van der Waals surface area (Å²) in [4.78, 5) is 31.9. The second-order valence-electron chi connectivity index (χ2n) is 9.23. The maximum absolute atomic E-state index is 14.1. The topological polar surface area (TPSA) is 79.1 Å². The maximum Gasteiger partial charge on any atom is 0.338 e. The molecule has 2 heterocycles. The normalized spacial score (nSPS) is 14.8. The zero-order chi connectivity index (χ0) is 28.9. The number of thiazole rings is 1. The molecule has 0 bridgehead atoms. The van der Waals surface area contributed by atoms with Crippen LogP contribution in [0.2, 0.25) is 0 Å². The summed E-state index contributed by atoms with van der Waals surface area (Å²) in [7, 11) is 0. The third-order valence-electron chi connectivity index (χ3n) is 6.54. The lowest BCUT2D eigenvalue weighted by molar-refractivity contribution is -0.139. The number of esters is 1. The molecule has 0 unspecified atom stereocenters. The third-order valence-corrected chi connectivity index (χ3v) is 7.52. The van der Waals surface area contributed by atoms with Gasteiger partial charge in [0.25, 0.3) is 5.56 Å². The van der Waals surface area contributed by atoms with Gasteiger partial charge in [0.05, 0.1) is 35.1 Å². The molecule has 0 saturated carbocycles. The van der Waals surface area contributed by atoms with E-state index in [1.165, 1.54) is 17.4 Å². The zero-order valence-electron chi connectivity index (χ0n) is 22.9. The summed E-state index contributed by atoms with van der Waals surface area (Å²) in [6.45, 7) is 6.02. The Morgan fingerprint density at radius 1 is 1.00 bits per heavy atom. The van der Waals surface area contributed by atoms with Crippen molar-refractivity contribution in [3.63, 3.8) is 0 Å². The number of fused-ring (bicyclic) bond motifs is 1. The van der Waals surface area contributed by atoms with Crippen LogP contribution in [0.5, 0.6) is 11.5 Å². The van der Waals surface area contributed by atoms with Crippen molar-refractivity contribution in [3.05, 3.63) is 126 Å². The number of halogens is 1. The van der Waals surface area contributed by atoms with Gasteiger partial charge < -0.3 is 14.2 Å². The van der Waals surface area contributed by atoms with E-state index in [0.29, 0.717) is 44.3 Å². The lowest BCUT2D eigenvalue weighted by Gasteiger charge is -2.24. The van der Waals surface area contributed by atoms with Gasteiger partial charge in [-0.1, -0.05) is 65.9 Å². The second kappa shape index (κ2) is 12.3. The van der Waals surface area contributed by atoms with Crippen LogP contribution in [0.1, 0.15) is 43.5 Å². The highest BCUT2D eigenvalue weighted by Gasteiger charge is 2.33. The molecule has 0 fully saturated rings. The third kappa shape index (κ3) is 5.85. The van der Waals surface area contributed by atoms with E-state index in [-0.39, 0.29) is 24.6 Å². The molecule has 9 heteroatoms. The molecular weight excluding hydrogens is 543 g/mol. The summed E-state index contributed by atoms with van der Waals surface area (Å²) >= 11 is 1.25. The lowest BCUT2D eigenvalue weighted by atomic mass is 9.96. The summed E-state index contributed by atoms with van der Waals surface area (Å²) < 4.78 is 33.1. The van der Waals surface area contributed by atoms with Crippen molar-refractivity contribution in [2.45, 2.75) is 33.4 Å². The highest BCUT2D eigenvalue weighted by Crippen LogP contribution is 2.31. The molecule has 7 nitrogen and oxygen atoms in total. The van der Waals surface area contributed by atoms with Gasteiger partial charge >= 0.3 is 5.97 Å². The van der Waals surface area contributed by atoms with E-state index in [1.54, 1.807) is 60.9 Å².